The Kier molecular flexibility index (Phi) is 4.81. The van der Waals surface area contributed by atoms with Crippen LogP contribution in [0.1, 0.15) is 13.3 Å². The maximum Gasteiger partial charge on any atom is 0.332 e. The Hall–Kier alpha value is -0.610. The van der Waals surface area contributed by atoms with E-state index in [1.807, 2.05) is 0 Å². The molecule has 0 aliphatic heterocycles. The van der Waals surface area contributed by atoms with Gasteiger partial charge in [-0.2, -0.15) is 0 Å². The smallest absolute Gasteiger partial charge is 0.332 e. The lowest BCUT2D eigenvalue weighted by molar-refractivity contribution is -0.149. The number of hydrogen-bond acceptors (Lipinski definition) is 3. The van der Waals surface area contributed by atoms with Crippen LogP contribution in [0.3, 0.4) is 0 Å². The van der Waals surface area contributed by atoms with E-state index in [4.69, 9.17) is 14.9 Å². The van der Waals surface area contributed by atoms with Crippen LogP contribution < -0.4 is 0 Å². The minimum atomic E-state index is -1.27. The molecule has 0 aliphatic carbocycles. The molecule has 0 heterocycles. The van der Waals surface area contributed by atoms with Gasteiger partial charge >= 0.3 is 5.97 Å². The van der Waals surface area contributed by atoms with E-state index in [0.29, 0.717) is 13.0 Å². The maximum atomic E-state index is 10.2. The normalized spacial score (nSPS) is 15.9. The molecular weight excluding hydrogens is 148 g/mol. The van der Waals surface area contributed by atoms with Gasteiger partial charge in [0.05, 0.1) is 0 Å². The molecule has 0 saturated carbocycles. The van der Waals surface area contributed by atoms with E-state index in [-0.39, 0.29) is 5.92 Å². The molecule has 0 aromatic heterocycles. The van der Waals surface area contributed by atoms with Gasteiger partial charge in [0.15, 0.2) is 6.10 Å². The summed E-state index contributed by atoms with van der Waals surface area (Å²) in [7, 11) is 1.54. The van der Waals surface area contributed by atoms with Crippen molar-refractivity contribution in [2.45, 2.75) is 19.4 Å². The van der Waals surface area contributed by atoms with Gasteiger partial charge in [0.2, 0.25) is 0 Å². The highest BCUT2D eigenvalue weighted by Gasteiger charge is 2.20. The van der Waals surface area contributed by atoms with Gasteiger partial charge in [-0.15, -0.1) is 0 Å². The Balaban J connectivity index is 3.63. The van der Waals surface area contributed by atoms with Gasteiger partial charge < -0.3 is 14.9 Å². The van der Waals surface area contributed by atoms with Crippen LogP contribution in [0, 0.1) is 5.92 Å². The maximum absolute atomic E-state index is 10.2. The van der Waals surface area contributed by atoms with Crippen LogP contribution in [0.2, 0.25) is 0 Å². The summed E-state index contributed by atoms with van der Waals surface area (Å²) in [6.45, 7) is 2.16. The summed E-state index contributed by atoms with van der Waals surface area (Å²) in [5.74, 6) is -1.43. The number of carbonyl (C=O) groups is 1. The van der Waals surface area contributed by atoms with E-state index in [9.17, 15) is 4.79 Å². The minimum Gasteiger partial charge on any atom is -0.479 e. The summed E-state index contributed by atoms with van der Waals surface area (Å²) in [5, 5.41) is 17.3. The van der Waals surface area contributed by atoms with Gasteiger partial charge in [-0.25, -0.2) is 4.79 Å². The summed E-state index contributed by atoms with van der Waals surface area (Å²) < 4.78 is 4.74. The van der Waals surface area contributed by atoms with E-state index in [1.165, 1.54) is 0 Å². The third kappa shape index (κ3) is 3.95. The molecule has 2 N–H and O–H groups in total. The fraction of sp³-hybridized carbons (Fsp3) is 0.857. The van der Waals surface area contributed by atoms with E-state index >= 15 is 0 Å². The summed E-state index contributed by atoms with van der Waals surface area (Å²) in [5.41, 5.74) is 0. The fourth-order valence-electron chi connectivity index (χ4n) is 0.705. The molecule has 0 fully saturated rings. The Morgan fingerprint density at radius 1 is 1.64 bits per heavy atom. The number of carboxylic acid groups (broad SMARTS) is 1. The molecule has 0 rings (SSSR count). The molecule has 11 heavy (non-hydrogen) atoms. The number of hydrogen-bond donors (Lipinski definition) is 2. The Morgan fingerprint density at radius 2 is 2.18 bits per heavy atom. The highest BCUT2D eigenvalue weighted by Crippen LogP contribution is 2.07. The summed E-state index contributed by atoms with van der Waals surface area (Å²) in [6, 6.07) is 0. The molecule has 0 aromatic rings. The van der Waals surface area contributed by atoms with Crippen LogP contribution in [0.5, 0.6) is 0 Å². The topological polar surface area (TPSA) is 66.8 Å². The first-order valence-corrected chi connectivity index (χ1v) is 3.49. The minimum absolute atomic E-state index is 0.257. The van der Waals surface area contributed by atoms with Crippen LogP contribution in [-0.4, -0.2) is 36.0 Å². The molecule has 0 radical (unpaired) electrons. The predicted molar refractivity (Wildman–Crippen MR) is 39.3 cm³/mol. The van der Waals surface area contributed by atoms with E-state index in [2.05, 4.69) is 0 Å². The summed E-state index contributed by atoms with van der Waals surface area (Å²) in [4.78, 5) is 10.2. The molecule has 0 aromatic carbocycles. The zero-order valence-electron chi connectivity index (χ0n) is 6.78. The zero-order chi connectivity index (χ0) is 8.85. The average molecular weight is 162 g/mol. The molecule has 0 saturated heterocycles. The van der Waals surface area contributed by atoms with Gasteiger partial charge in [0.1, 0.15) is 0 Å². The molecular formula is C7H14O4. The van der Waals surface area contributed by atoms with Gasteiger partial charge in [0.25, 0.3) is 0 Å². The Morgan fingerprint density at radius 3 is 2.55 bits per heavy atom. The van der Waals surface area contributed by atoms with Crippen LogP contribution in [0.4, 0.5) is 0 Å². The van der Waals surface area contributed by atoms with Crippen molar-refractivity contribution in [1.29, 1.82) is 0 Å². The molecule has 2 unspecified atom stereocenters. The summed E-state index contributed by atoms with van der Waals surface area (Å²) in [6.07, 6.45) is -0.714. The highest BCUT2D eigenvalue weighted by molar-refractivity contribution is 5.72. The van der Waals surface area contributed by atoms with Crippen molar-refractivity contribution in [2.75, 3.05) is 13.7 Å². The van der Waals surface area contributed by atoms with Crippen LogP contribution >= 0.6 is 0 Å². The molecule has 0 bridgehead atoms. The van der Waals surface area contributed by atoms with E-state index in [1.54, 1.807) is 14.0 Å². The van der Waals surface area contributed by atoms with Crippen LogP contribution in [0.25, 0.3) is 0 Å². The van der Waals surface area contributed by atoms with E-state index in [0.717, 1.165) is 0 Å². The second kappa shape index (κ2) is 5.09. The number of methoxy groups -OCH3 is 1. The largest absolute Gasteiger partial charge is 0.479 e. The molecule has 0 spiro atoms. The Bertz CT molecular complexity index is 124. The molecule has 4 heteroatoms. The van der Waals surface area contributed by atoms with Crippen LogP contribution in [-0.2, 0) is 9.53 Å². The van der Waals surface area contributed by atoms with Crippen molar-refractivity contribution in [3.63, 3.8) is 0 Å². The van der Waals surface area contributed by atoms with Crippen molar-refractivity contribution in [3.8, 4) is 0 Å². The molecule has 4 nitrogen and oxygen atoms in total. The lowest BCUT2D eigenvalue weighted by Crippen LogP contribution is -2.28. The monoisotopic (exact) mass is 162 g/mol. The lowest BCUT2D eigenvalue weighted by atomic mass is 10.0. The quantitative estimate of drug-likeness (QED) is 0.602. The third-order valence-corrected chi connectivity index (χ3v) is 1.57. The van der Waals surface area contributed by atoms with Crippen LogP contribution in [0.15, 0.2) is 0 Å². The predicted octanol–water partition coefficient (Wildman–Crippen LogP) is 0.104. The first-order valence-electron chi connectivity index (χ1n) is 3.49. The Labute approximate surface area is 65.8 Å². The van der Waals surface area contributed by atoms with Crippen molar-refractivity contribution >= 4 is 5.97 Å². The average Bonchev–Trinajstić information content (AvgIpc) is 1.98. The van der Waals surface area contributed by atoms with Crippen molar-refractivity contribution in [2.24, 2.45) is 5.92 Å². The molecule has 66 valence electrons. The number of ether oxygens (including phenoxy) is 1. The number of rotatable bonds is 5. The standard InChI is InChI=1S/C7H14O4/c1-5(3-4-11-2)6(8)7(9)10/h5-6,8H,3-4H2,1-2H3,(H,9,10). The van der Waals surface area contributed by atoms with Crippen molar-refractivity contribution in [1.82, 2.24) is 0 Å². The zero-order valence-corrected chi connectivity index (χ0v) is 6.78. The molecule has 0 aliphatic rings. The first kappa shape index (κ1) is 10.4. The molecule has 0 amide bonds. The fourth-order valence-corrected chi connectivity index (χ4v) is 0.705. The van der Waals surface area contributed by atoms with E-state index < -0.39 is 12.1 Å². The second-order valence-corrected chi connectivity index (χ2v) is 2.54. The second-order valence-electron chi connectivity index (χ2n) is 2.54. The third-order valence-electron chi connectivity index (χ3n) is 1.57. The van der Waals surface area contributed by atoms with Gasteiger partial charge in [-0.3, -0.25) is 0 Å². The number of aliphatic hydroxyl groups is 1. The van der Waals surface area contributed by atoms with Crippen molar-refractivity contribution < 1.29 is 19.7 Å². The number of carboxylic acids is 1. The molecule has 2 atom stereocenters. The van der Waals surface area contributed by atoms with Gasteiger partial charge in [0, 0.05) is 13.7 Å². The first-order chi connectivity index (χ1) is 5.09. The lowest BCUT2D eigenvalue weighted by Gasteiger charge is -2.13. The SMILES string of the molecule is COCCC(C)C(O)C(=O)O. The number of aliphatic carboxylic acids is 1. The summed E-state index contributed by atoms with van der Waals surface area (Å²) >= 11 is 0. The highest BCUT2D eigenvalue weighted by atomic mass is 16.5. The van der Waals surface area contributed by atoms with Gasteiger partial charge in [-0.05, 0) is 12.3 Å². The number of aliphatic hydroxyl groups excluding tert-OH is 1. The van der Waals surface area contributed by atoms with Crippen molar-refractivity contribution in [3.05, 3.63) is 0 Å². The van der Waals surface area contributed by atoms with Gasteiger partial charge in [-0.1, -0.05) is 6.92 Å².